The Labute approximate surface area is 191 Å². The Bertz CT molecular complexity index is 1090. The standard InChI is InChI=1S/C22H28N8O3/c1-15-17(13-33-19(15)31)29-9-8-22(20(29)32)6-4-21(2,5-7-22)28(3)12-16-10-24-18(11-23-16)30-14-25-26-27-30/h10-11,14H,4-9,12-13H2,1-3H3/t21-,22+. The van der Waals surface area contributed by atoms with Crippen LogP contribution in [0.15, 0.2) is 30.0 Å². The number of aromatic nitrogens is 6. The first-order valence-electron chi connectivity index (χ1n) is 11.3. The summed E-state index contributed by atoms with van der Waals surface area (Å²) in [6, 6.07) is 0. The summed E-state index contributed by atoms with van der Waals surface area (Å²) in [5.74, 6) is 0.413. The molecule has 3 aliphatic rings. The quantitative estimate of drug-likeness (QED) is 0.618. The Hall–Kier alpha value is -3.21. The van der Waals surface area contributed by atoms with E-state index in [2.05, 4.69) is 44.4 Å². The highest BCUT2D eigenvalue weighted by Gasteiger charge is 2.52. The lowest BCUT2D eigenvalue weighted by atomic mass is 9.66. The summed E-state index contributed by atoms with van der Waals surface area (Å²) in [6.07, 6.45) is 9.26. The average Bonchev–Trinajstić information content (AvgIpc) is 3.54. The minimum atomic E-state index is -0.327. The molecule has 11 nitrogen and oxygen atoms in total. The van der Waals surface area contributed by atoms with E-state index in [0.717, 1.165) is 43.5 Å². The molecule has 2 fully saturated rings. The number of tetrazole rings is 1. The van der Waals surface area contributed by atoms with Gasteiger partial charge in [0.25, 0.3) is 0 Å². The minimum absolute atomic E-state index is 0.0310. The number of amides is 1. The van der Waals surface area contributed by atoms with Gasteiger partial charge in [-0.15, -0.1) is 5.10 Å². The third-order valence-corrected chi connectivity index (χ3v) is 7.80. The first-order valence-corrected chi connectivity index (χ1v) is 11.3. The molecule has 1 spiro atoms. The van der Waals surface area contributed by atoms with E-state index < -0.39 is 0 Å². The lowest BCUT2D eigenvalue weighted by molar-refractivity contribution is -0.139. The second-order valence-electron chi connectivity index (χ2n) is 9.61. The number of rotatable bonds is 5. The molecule has 1 aliphatic carbocycles. The topological polar surface area (TPSA) is 119 Å². The molecule has 1 saturated carbocycles. The first kappa shape index (κ1) is 21.6. The van der Waals surface area contributed by atoms with Crippen LogP contribution in [0.4, 0.5) is 0 Å². The summed E-state index contributed by atoms with van der Waals surface area (Å²) < 4.78 is 6.60. The van der Waals surface area contributed by atoms with Gasteiger partial charge in [-0.25, -0.2) is 9.78 Å². The van der Waals surface area contributed by atoms with Crippen LogP contribution in [0.25, 0.3) is 5.82 Å². The van der Waals surface area contributed by atoms with Crippen LogP contribution in [0, 0.1) is 5.41 Å². The Morgan fingerprint density at radius 1 is 1.12 bits per heavy atom. The second-order valence-corrected chi connectivity index (χ2v) is 9.61. The monoisotopic (exact) mass is 452 g/mol. The van der Waals surface area contributed by atoms with Crippen molar-refractivity contribution in [3.8, 4) is 5.82 Å². The highest BCUT2D eigenvalue weighted by molar-refractivity contribution is 5.94. The normalized spacial score (nSPS) is 27.8. The van der Waals surface area contributed by atoms with Crippen LogP contribution in [-0.4, -0.2) is 77.6 Å². The zero-order valence-electron chi connectivity index (χ0n) is 19.2. The number of ether oxygens (including phenoxy) is 1. The summed E-state index contributed by atoms with van der Waals surface area (Å²) in [5, 5.41) is 11.1. The molecule has 2 aromatic heterocycles. The number of hydrogen-bond donors (Lipinski definition) is 0. The maximum absolute atomic E-state index is 13.4. The van der Waals surface area contributed by atoms with Crippen LogP contribution in [0.1, 0.15) is 51.6 Å². The van der Waals surface area contributed by atoms with Crippen molar-refractivity contribution in [1.29, 1.82) is 0 Å². The van der Waals surface area contributed by atoms with E-state index in [1.54, 1.807) is 24.2 Å². The van der Waals surface area contributed by atoms with Crippen molar-refractivity contribution in [2.45, 2.75) is 58.0 Å². The lowest BCUT2D eigenvalue weighted by Crippen LogP contribution is -2.50. The van der Waals surface area contributed by atoms with Gasteiger partial charge >= 0.3 is 5.97 Å². The summed E-state index contributed by atoms with van der Waals surface area (Å²) in [6.45, 7) is 5.54. The SMILES string of the molecule is CC1=C(N2CC[C@]3(CC[C@](C)(N(C)Cc4cnc(-n5cnnn5)cn4)CC3)C2=O)COC1=O. The molecule has 2 aromatic rings. The van der Waals surface area contributed by atoms with Crippen molar-refractivity contribution in [2.24, 2.45) is 5.41 Å². The van der Waals surface area contributed by atoms with Gasteiger partial charge < -0.3 is 9.64 Å². The van der Waals surface area contributed by atoms with Gasteiger partial charge in [-0.1, -0.05) is 0 Å². The van der Waals surface area contributed by atoms with Crippen molar-refractivity contribution in [3.05, 3.63) is 35.7 Å². The Morgan fingerprint density at radius 3 is 2.52 bits per heavy atom. The van der Waals surface area contributed by atoms with E-state index >= 15 is 0 Å². The second kappa shape index (κ2) is 7.98. The lowest BCUT2D eigenvalue weighted by Gasteiger charge is -2.47. The number of cyclic esters (lactones) is 1. The smallest absolute Gasteiger partial charge is 0.336 e. The molecule has 0 unspecified atom stereocenters. The largest absolute Gasteiger partial charge is 0.456 e. The maximum Gasteiger partial charge on any atom is 0.336 e. The van der Waals surface area contributed by atoms with Crippen molar-refractivity contribution in [2.75, 3.05) is 20.2 Å². The predicted octanol–water partition coefficient (Wildman–Crippen LogP) is 1.27. The fourth-order valence-corrected chi connectivity index (χ4v) is 5.19. The molecule has 2 aliphatic heterocycles. The van der Waals surface area contributed by atoms with Crippen molar-refractivity contribution >= 4 is 11.9 Å². The summed E-state index contributed by atoms with van der Waals surface area (Å²) in [7, 11) is 2.10. The molecule has 0 aromatic carbocycles. The van der Waals surface area contributed by atoms with Crippen LogP contribution in [0.2, 0.25) is 0 Å². The molecule has 11 heteroatoms. The maximum atomic E-state index is 13.4. The van der Waals surface area contributed by atoms with Gasteiger partial charge in [-0.3, -0.25) is 14.7 Å². The van der Waals surface area contributed by atoms with E-state index in [1.165, 1.54) is 11.0 Å². The van der Waals surface area contributed by atoms with E-state index in [4.69, 9.17) is 4.74 Å². The van der Waals surface area contributed by atoms with Crippen LogP contribution in [-0.2, 0) is 20.9 Å². The van der Waals surface area contributed by atoms with Crippen molar-refractivity contribution in [1.82, 2.24) is 40.0 Å². The fourth-order valence-electron chi connectivity index (χ4n) is 5.19. The van der Waals surface area contributed by atoms with Crippen LogP contribution < -0.4 is 0 Å². The average molecular weight is 453 g/mol. The number of likely N-dealkylation sites (tertiary alicyclic amines) is 1. The van der Waals surface area contributed by atoms with Crippen LogP contribution in [0.3, 0.4) is 0 Å². The van der Waals surface area contributed by atoms with Gasteiger partial charge in [0, 0.05) is 18.6 Å². The summed E-state index contributed by atoms with van der Waals surface area (Å²) >= 11 is 0. The van der Waals surface area contributed by atoms with Gasteiger partial charge in [0.1, 0.15) is 12.9 Å². The van der Waals surface area contributed by atoms with E-state index in [1.807, 2.05) is 0 Å². The Morgan fingerprint density at radius 2 is 1.91 bits per heavy atom. The number of carbonyl (C=O) groups excluding carboxylic acids is 2. The molecular weight excluding hydrogens is 424 g/mol. The van der Waals surface area contributed by atoms with Crippen molar-refractivity contribution in [3.63, 3.8) is 0 Å². The summed E-state index contributed by atoms with van der Waals surface area (Å²) in [5.41, 5.74) is 1.82. The highest BCUT2D eigenvalue weighted by Crippen LogP contribution is 2.50. The molecule has 0 radical (unpaired) electrons. The van der Waals surface area contributed by atoms with Gasteiger partial charge in [0.2, 0.25) is 5.91 Å². The number of carbonyl (C=O) groups is 2. The molecular formula is C22H28N8O3. The Kier molecular flexibility index (Phi) is 5.23. The zero-order chi connectivity index (χ0) is 23.2. The highest BCUT2D eigenvalue weighted by atomic mass is 16.5. The third-order valence-electron chi connectivity index (χ3n) is 7.80. The summed E-state index contributed by atoms with van der Waals surface area (Å²) in [4.78, 5) is 38.2. The van der Waals surface area contributed by atoms with Crippen LogP contribution >= 0.6 is 0 Å². The van der Waals surface area contributed by atoms with Crippen LogP contribution in [0.5, 0.6) is 0 Å². The molecule has 0 N–H and O–H groups in total. The molecule has 1 saturated heterocycles. The Balaban J connectivity index is 1.22. The number of hydrogen-bond acceptors (Lipinski definition) is 9. The molecule has 4 heterocycles. The van der Waals surface area contributed by atoms with E-state index in [-0.39, 0.29) is 29.4 Å². The number of esters is 1. The van der Waals surface area contributed by atoms with E-state index in [0.29, 0.717) is 24.5 Å². The van der Waals surface area contributed by atoms with Gasteiger partial charge in [0.15, 0.2) is 5.82 Å². The van der Waals surface area contributed by atoms with Gasteiger partial charge in [0.05, 0.1) is 34.8 Å². The van der Waals surface area contributed by atoms with E-state index in [9.17, 15) is 9.59 Å². The van der Waals surface area contributed by atoms with Crippen molar-refractivity contribution < 1.29 is 14.3 Å². The predicted molar refractivity (Wildman–Crippen MR) is 116 cm³/mol. The van der Waals surface area contributed by atoms with Gasteiger partial charge in [-0.2, -0.15) is 4.68 Å². The molecule has 0 bridgehead atoms. The van der Waals surface area contributed by atoms with Gasteiger partial charge in [-0.05, 0) is 63.4 Å². The fraction of sp³-hybridized carbons (Fsp3) is 0.591. The molecule has 0 atom stereocenters. The number of nitrogens with zero attached hydrogens (tertiary/aromatic N) is 8. The molecule has 1 amide bonds. The third kappa shape index (κ3) is 3.69. The molecule has 33 heavy (non-hydrogen) atoms. The minimum Gasteiger partial charge on any atom is -0.456 e. The molecule has 174 valence electrons. The first-order chi connectivity index (χ1) is 15.8. The molecule has 5 rings (SSSR count). The zero-order valence-corrected chi connectivity index (χ0v) is 19.2.